The van der Waals surface area contributed by atoms with Gasteiger partial charge in [-0.05, 0) is 274 Å². The van der Waals surface area contributed by atoms with Crippen LogP contribution in [0.25, 0.3) is 144 Å². The lowest BCUT2D eigenvalue weighted by Gasteiger charge is -2.34. The van der Waals surface area contributed by atoms with Crippen LogP contribution >= 0.6 is 0 Å². The van der Waals surface area contributed by atoms with Crippen molar-refractivity contribution in [2.45, 2.75) is 61.2 Å². The summed E-state index contributed by atoms with van der Waals surface area (Å²) in [4.78, 5) is 0. The van der Waals surface area contributed by atoms with Crippen LogP contribution in [0.3, 0.4) is 0 Å². The lowest BCUT2D eigenvalue weighted by molar-refractivity contribution is 0.660. The summed E-state index contributed by atoms with van der Waals surface area (Å²) in [6.45, 7) is 9.43. The molecule has 0 amide bonds. The molecule has 22 aromatic rings. The molecule has 28 rings (SSSR count). The number of hydrogen-bond donors (Lipinski definition) is 0. The Balaban J connectivity index is 0.000000141. The molecular weight excluding hydrogens is 1590 g/mol. The van der Waals surface area contributed by atoms with Gasteiger partial charge in [-0.1, -0.05) is 404 Å². The summed E-state index contributed by atoms with van der Waals surface area (Å²) < 4.78 is 4.94. The molecule has 2 heterocycles. The van der Waals surface area contributed by atoms with Gasteiger partial charge in [0.1, 0.15) is 0 Å². The van der Waals surface area contributed by atoms with Crippen LogP contribution in [0.1, 0.15) is 140 Å². The minimum absolute atomic E-state index is 0.00277. The summed E-state index contributed by atoms with van der Waals surface area (Å²) in [5.41, 5.74) is 51.5. The Morgan fingerprint density at radius 2 is 0.447 bits per heavy atom. The van der Waals surface area contributed by atoms with Gasteiger partial charge in [0.15, 0.2) is 0 Å². The van der Waals surface area contributed by atoms with E-state index in [1.165, 1.54) is 238 Å². The van der Waals surface area contributed by atoms with Crippen LogP contribution in [0.2, 0.25) is 0 Å². The van der Waals surface area contributed by atoms with E-state index in [0.29, 0.717) is 0 Å². The maximum absolute atomic E-state index is 2.51. The van der Waals surface area contributed by atoms with Crippen LogP contribution < -0.4 is 0 Å². The molecular formula is C130H90N2. The van der Waals surface area contributed by atoms with Crippen molar-refractivity contribution in [1.82, 2.24) is 9.13 Å². The lowest BCUT2D eigenvalue weighted by atomic mass is 9.67. The van der Waals surface area contributed by atoms with Gasteiger partial charge in [-0.15, -0.1) is 0 Å². The number of rotatable bonds is 10. The second kappa shape index (κ2) is 28.7. The van der Waals surface area contributed by atoms with Crippen LogP contribution in [-0.2, 0) is 21.7 Å². The maximum atomic E-state index is 2.51. The van der Waals surface area contributed by atoms with Gasteiger partial charge < -0.3 is 9.13 Å². The minimum Gasteiger partial charge on any atom is -0.309 e. The van der Waals surface area contributed by atoms with Crippen molar-refractivity contribution >= 4 is 43.6 Å². The summed E-state index contributed by atoms with van der Waals surface area (Å²) in [5.74, 6) is 0.299. The smallest absolute Gasteiger partial charge is 0.0713 e. The van der Waals surface area contributed by atoms with E-state index in [1.54, 1.807) is 0 Å². The van der Waals surface area contributed by atoms with E-state index in [9.17, 15) is 0 Å². The van der Waals surface area contributed by atoms with E-state index >= 15 is 0 Å². The van der Waals surface area contributed by atoms with Gasteiger partial charge in [-0.2, -0.15) is 0 Å². The number of nitrogens with zero attached hydrogens (tertiary/aromatic N) is 2. The van der Waals surface area contributed by atoms with Crippen molar-refractivity contribution in [3.8, 4) is 100 Å². The lowest BCUT2D eigenvalue weighted by Crippen LogP contribution is -2.28. The molecule has 2 aromatic heterocycles. The van der Waals surface area contributed by atoms with Gasteiger partial charge in [0.05, 0.1) is 32.9 Å². The van der Waals surface area contributed by atoms with Crippen molar-refractivity contribution < 1.29 is 0 Å². The van der Waals surface area contributed by atoms with Gasteiger partial charge in [0, 0.05) is 55.6 Å². The van der Waals surface area contributed by atoms with Crippen molar-refractivity contribution in [3.05, 3.63) is 561 Å². The molecule has 2 nitrogen and oxygen atoms in total. The summed E-state index contributed by atoms with van der Waals surface area (Å²) >= 11 is 0. The first-order valence-corrected chi connectivity index (χ1v) is 46.7. The highest BCUT2D eigenvalue weighted by Gasteiger charge is 2.49. The van der Waals surface area contributed by atoms with Crippen LogP contribution in [0.4, 0.5) is 0 Å². The highest BCUT2D eigenvalue weighted by Crippen LogP contribution is 2.62. The average Bonchev–Trinajstić information content (AvgIpc) is 1.53. The van der Waals surface area contributed by atoms with E-state index < -0.39 is 10.8 Å². The fourth-order valence-electron chi connectivity index (χ4n) is 25.3. The molecule has 2 unspecified atom stereocenters. The average molecular weight is 1680 g/mol. The molecule has 20 aromatic carbocycles. The molecule has 620 valence electrons. The van der Waals surface area contributed by atoms with Gasteiger partial charge >= 0.3 is 0 Å². The molecule has 0 radical (unpaired) electrons. The Morgan fingerprint density at radius 1 is 0.174 bits per heavy atom. The molecule has 0 spiro atoms. The predicted molar refractivity (Wildman–Crippen MR) is 548 cm³/mol. The van der Waals surface area contributed by atoms with Gasteiger partial charge in [0.2, 0.25) is 0 Å². The van der Waals surface area contributed by atoms with Crippen LogP contribution in [-0.4, -0.2) is 9.13 Å². The molecule has 0 saturated heterocycles. The molecule has 0 saturated carbocycles. The first-order valence-electron chi connectivity index (χ1n) is 46.7. The molecule has 132 heavy (non-hydrogen) atoms. The quantitative estimate of drug-likeness (QED) is 0.129. The fourth-order valence-corrected chi connectivity index (χ4v) is 25.3. The van der Waals surface area contributed by atoms with E-state index in [-0.39, 0.29) is 22.7 Å². The van der Waals surface area contributed by atoms with Crippen LogP contribution in [0.5, 0.6) is 0 Å². The number of benzene rings is 20. The number of fused-ring (bicyclic) bond motifs is 24. The highest BCUT2D eigenvalue weighted by molar-refractivity contribution is 6.12. The van der Waals surface area contributed by atoms with Gasteiger partial charge in [-0.3, -0.25) is 0 Å². The molecule has 0 bridgehead atoms. The van der Waals surface area contributed by atoms with Crippen LogP contribution in [0, 0.1) is 0 Å². The van der Waals surface area contributed by atoms with Gasteiger partial charge in [0.25, 0.3) is 0 Å². The van der Waals surface area contributed by atoms with E-state index in [4.69, 9.17) is 0 Å². The second-order valence-corrected chi connectivity index (χ2v) is 38.3. The second-order valence-electron chi connectivity index (χ2n) is 38.3. The third-order valence-electron chi connectivity index (χ3n) is 31.1. The predicted octanol–water partition coefficient (Wildman–Crippen LogP) is 32.6. The van der Waals surface area contributed by atoms with Crippen molar-refractivity contribution in [2.75, 3.05) is 0 Å². The van der Waals surface area contributed by atoms with Crippen molar-refractivity contribution in [3.63, 3.8) is 0 Å². The van der Waals surface area contributed by atoms with E-state index in [2.05, 4.69) is 498 Å². The summed E-state index contributed by atoms with van der Waals surface area (Å²) in [7, 11) is 0. The fraction of sp³-hybridized carbons (Fsp3) is 0.0769. The van der Waals surface area contributed by atoms with Crippen LogP contribution in [0.15, 0.2) is 461 Å². The Hall–Kier alpha value is -16.0. The first kappa shape index (κ1) is 76.1. The van der Waals surface area contributed by atoms with Crippen molar-refractivity contribution in [1.29, 1.82) is 0 Å². The number of aromatic nitrogens is 2. The first-order chi connectivity index (χ1) is 65.0. The molecule has 0 fully saturated rings. The number of para-hydroxylation sites is 2. The highest BCUT2D eigenvalue weighted by atomic mass is 15.0. The zero-order chi connectivity index (χ0) is 87.5. The number of hydrogen-bond acceptors (Lipinski definition) is 0. The zero-order valence-electron chi connectivity index (χ0n) is 73.9. The third kappa shape index (κ3) is 10.7. The molecule has 2 atom stereocenters. The Kier molecular flexibility index (Phi) is 16.6. The largest absolute Gasteiger partial charge is 0.309 e. The van der Waals surface area contributed by atoms with E-state index in [0.717, 1.165) is 5.69 Å². The molecule has 0 N–H and O–H groups in total. The normalized spacial score (nSPS) is 15.5. The Labute approximate surface area is 770 Å². The summed E-state index contributed by atoms with van der Waals surface area (Å²) in [5, 5.41) is 5.05. The van der Waals surface area contributed by atoms with Gasteiger partial charge in [-0.25, -0.2) is 0 Å². The topological polar surface area (TPSA) is 9.86 Å². The van der Waals surface area contributed by atoms with E-state index in [1.807, 2.05) is 0 Å². The monoisotopic (exact) mass is 1680 g/mol. The maximum Gasteiger partial charge on any atom is 0.0713 e. The Morgan fingerprint density at radius 3 is 0.871 bits per heavy atom. The SMILES string of the molecule is CC1(C)c2ccccc2-c2cc(C3c4ccccc4-c4cc(-c5ccc6c(c5)c5ccccc5n6-c5ccc6c(c5)-c5ccccc5C6(C)C)ccc43)ccc21.c1ccc(C2(c3ccccc3)c3ccccc3-c3cc(C4c5ccccc5-c5cc(-c6ccc7c(c6)c6ccccc6n7-c6ccc7c(c6)-c6ccccc6C7(c6ccccc6)c6ccccc6)ccc54)ccc32)cc1. The molecule has 0 aliphatic heterocycles. The third-order valence-corrected chi connectivity index (χ3v) is 31.1. The summed E-state index contributed by atoms with van der Waals surface area (Å²) in [6, 6.07) is 174. The standard InChI is InChI=1S/C75H49N.C55H41N/c1-5-21-52(22-6-1)74(53-23-7-2-8-24-53)67-34-18-15-30-58(67)64-47-51(38-42-69(64)74)73-61-33-14-13-29-57(61)63-45-49(37-41-62(63)73)50-39-44-72-66(46-50)60-32-17-20-36-71(60)76(72)56-40-43-70-65(48-56)59-31-16-19-35-68(59)75(70,54-25-9-3-10-26-54)55-27-11-4-12-28-55;1-54(2)47-18-10-7-14-38(47)44-31-35(22-26-49(44)54)53-41-17-6-5-13-37(41)43-29-33(21-25-42(43)53)34-23-28-52-46(30-34)40-16-9-12-20-51(40)56(52)36-24-27-50-45(32-36)39-15-8-11-19-48(39)55(50,3)4/h1-48,73H;5-32,53H,1-4H3. The molecule has 6 aliphatic carbocycles. The summed E-state index contributed by atoms with van der Waals surface area (Å²) in [6.07, 6.45) is 0. The Bertz CT molecular complexity index is 8510. The molecule has 6 aliphatic rings. The zero-order valence-corrected chi connectivity index (χ0v) is 73.9. The van der Waals surface area contributed by atoms with Crippen molar-refractivity contribution in [2.24, 2.45) is 0 Å². The minimum atomic E-state index is -0.440. The molecule has 2 heteroatoms.